The predicted molar refractivity (Wildman–Crippen MR) is 142 cm³/mol. The average molecular weight is 516 g/mol. The van der Waals surface area contributed by atoms with Gasteiger partial charge in [-0.05, 0) is 85.4 Å². The summed E-state index contributed by atoms with van der Waals surface area (Å²) in [6, 6.07) is 0. The minimum absolute atomic E-state index is 0.00359. The van der Waals surface area contributed by atoms with E-state index in [9.17, 15) is 14.7 Å². The summed E-state index contributed by atoms with van der Waals surface area (Å²) in [5.74, 6) is 1.58. The lowest BCUT2D eigenvalue weighted by atomic mass is 9.47. The fraction of sp³-hybridized carbons (Fsp3) is 0.871. The third-order valence-corrected chi connectivity index (χ3v) is 11.8. The van der Waals surface area contributed by atoms with Crippen molar-refractivity contribution in [3.05, 3.63) is 11.6 Å². The molecular formula is C31H49NO5. The molecule has 0 spiro atoms. The van der Waals surface area contributed by atoms with Crippen LogP contribution in [0.2, 0.25) is 0 Å². The Morgan fingerprint density at radius 2 is 1.97 bits per heavy atom. The first-order valence-corrected chi connectivity index (χ1v) is 14.9. The number of hydrogen-bond acceptors (Lipinski definition) is 5. The van der Waals surface area contributed by atoms with Gasteiger partial charge in [-0.25, -0.2) is 0 Å². The summed E-state index contributed by atoms with van der Waals surface area (Å²) in [5, 5.41) is 14.6. The molecule has 0 aromatic rings. The van der Waals surface area contributed by atoms with Crippen LogP contribution in [0, 0.1) is 46.3 Å². The molecule has 0 aromatic heterocycles. The van der Waals surface area contributed by atoms with Crippen LogP contribution >= 0.6 is 0 Å². The van der Waals surface area contributed by atoms with Crippen LogP contribution in [0.15, 0.2) is 11.6 Å². The van der Waals surface area contributed by atoms with Crippen molar-refractivity contribution in [1.29, 1.82) is 0 Å². The van der Waals surface area contributed by atoms with E-state index in [4.69, 9.17) is 9.47 Å². The van der Waals surface area contributed by atoms with Gasteiger partial charge in [0.2, 0.25) is 5.91 Å². The van der Waals surface area contributed by atoms with E-state index < -0.39 is 5.79 Å². The topological polar surface area (TPSA) is 84.9 Å². The SMILES string of the molecule is CC(=O)NC[C@H](C)CC[C@@]1(O)O[C@@H]2C[C@H]3[C@@H]4CC=C5C[C@@H](OC(C)=O)CC[C@]5(C)[C@@H]4CC[C@]3(C)[C@H]2[C@@H]1C. The molecule has 1 aliphatic heterocycles. The van der Waals surface area contributed by atoms with Crippen molar-refractivity contribution in [3.63, 3.8) is 0 Å². The van der Waals surface area contributed by atoms with Gasteiger partial charge in [0.05, 0.1) is 6.10 Å². The highest BCUT2D eigenvalue weighted by Gasteiger charge is 2.67. The molecule has 1 heterocycles. The fourth-order valence-corrected chi connectivity index (χ4v) is 9.81. The lowest BCUT2D eigenvalue weighted by Crippen LogP contribution is -2.52. The second-order valence-electron chi connectivity index (χ2n) is 13.9. The summed E-state index contributed by atoms with van der Waals surface area (Å²) in [6.45, 7) is 13.1. The molecule has 4 aliphatic carbocycles. The van der Waals surface area contributed by atoms with Crippen molar-refractivity contribution < 1.29 is 24.2 Å². The van der Waals surface area contributed by atoms with Crippen LogP contribution in [0.25, 0.3) is 0 Å². The monoisotopic (exact) mass is 515 g/mol. The van der Waals surface area contributed by atoms with E-state index in [1.54, 1.807) is 6.92 Å². The van der Waals surface area contributed by atoms with Gasteiger partial charge in [-0.2, -0.15) is 0 Å². The van der Waals surface area contributed by atoms with Gasteiger partial charge in [0.1, 0.15) is 6.10 Å². The molecule has 0 aromatic carbocycles. The Hall–Kier alpha value is -1.40. The lowest BCUT2D eigenvalue weighted by Gasteiger charge is -2.58. The minimum Gasteiger partial charge on any atom is -0.462 e. The fourth-order valence-electron chi connectivity index (χ4n) is 9.81. The third-order valence-electron chi connectivity index (χ3n) is 11.8. The number of aliphatic hydroxyl groups is 1. The molecule has 208 valence electrons. The van der Waals surface area contributed by atoms with Gasteiger partial charge >= 0.3 is 5.97 Å². The largest absolute Gasteiger partial charge is 0.462 e. The highest BCUT2D eigenvalue weighted by atomic mass is 16.6. The zero-order chi connectivity index (χ0) is 26.8. The van der Waals surface area contributed by atoms with Crippen LogP contribution in [-0.2, 0) is 19.1 Å². The Kier molecular flexibility index (Phi) is 7.09. The van der Waals surface area contributed by atoms with E-state index >= 15 is 0 Å². The Balaban J connectivity index is 1.28. The standard InChI is InChI=1S/C31H49NO5/c1-18(17-32-20(3)33)9-14-31(35)19(2)28-27(37-31)16-26-24-8-7-22-15-23(36-21(4)34)10-12-29(22,5)25(24)11-13-30(26,28)6/h7,18-19,23-28,35H,8-17H2,1-6H3,(H,32,33)/t18-,19+,23+,24-,25-,26+,27-,28+,29+,30+,31-/m1/s1. The zero-order valence-corrected chi connectivity index (χ0v) is 23.8. The Labute approximate surface area is 223 Å². The van der Waals surface area contributed by atoms with Crippen LogP contribution < -0.4 is 5.32 Å². The molecule has 6 nitrogen and oxygen atoms in total. The highest BCUT2D eigenvalue weighted by molar-refractivity contribution is 5.72. The van der Waals surface area contributed by atoms with Crippen LogP contribution in [0.3, 0.4) is 0 Å². The molecule has 11 atom stereocenters. The maximum absolute atomic E-state index is 11.7. The summed E-state index contributed by atoms with van der Waals surface area (Å²) in [6.07, 6.45) is 11.8. The summed E-state index contributed by atoms with van der Waals surface area (Å²) in [4.78, 5) is 22.8. The molecule has 5 rings (SSSR count). The van der Waals surface area contributed by atoms with E-state index in [0.29, 0.717) is 42.6 Å². The van der Waals surface area contributed by atoms with Crippen molar-refractivity contribution in [2.24, 2.45) is 46.3 Å². The average Bonchev–Trinajstić information content (AvgIpc) is 3.26. The maximum Gasteiger partial charge on any atom is 0.302 e. The molecule has 1 saturated heterocycles. The highest BCUT2D eigenvalue weighted by Crippen LogP contribution is 2.70. The quantitative estimate of drug-likeness (QED) is 0.366. The van der Waals surface area contributed by atoms with Gasteiger partial charge in [-0.1, -0.05) is 39.3 Å². The van der Waals surface area contributed by atoms with E-state index in [1.807, 2.05) is 0 Å². The third kappa shape index (κ3) is 4.58. The van der Waals surface area contributed by atoms with E-state index in [-0.39, 0.29) is 40.8 Å². The van der Waals surface area contributed by atoms with Crippen LogP contribution in [-0.4, -0.2) is 41.5 Å². The molecule has 5 aliphatic rings. The normalized spacial score (nSPS) is 47.1. The van der Waals surface area contributed by atoms with E-state index in [0.717, 1.165) is 38.5 Å². The molecule has 0 radical (unpaired) electrons. The van der Waals surface area contributed by atoms with Crippen molar-refractivity contribution in [2.45, 2.75) is 117 Å². The van der Waals surface area contributed by atoms with Crippen molar-refractivity contribution in [1.82, 2.24) is 5.32 Å². The lowest BCUT2D eigenvalue weighted by molar-refractivity contribution is -0.220. The summed E-state index contributed by atoms with van der Waals surface area (Å²) < 4.78 is 12.2. The number of amides is 1. The van der Waals surface area contributed by atoms with Crippen LogP contribution in [0.1, 0.15) is 99.3 Å². The second kappa shape index (κ2) is 9.66. The summed E-state index contributed by atoms with van der Waals surface area (Å²) in [5.41, 5.74) is 1.95. The van der Waals surface area contributed by atoms with Crippen molar-refractivity contribution in [2.75, 3.05) is 6.54 Å². The number of carbonyl (C=O) groups excluding carboxylic acids is 2. The minimum atomic E-state index is -1.06. The van der Waals surface area contributed by atoms with E-state index in [2.05, 4.69) is 39.1 Å². The van der Waals surface area contributed by atoms with Crippen LogP contribution in [0.5, 0.6) is 0 Å². The number of allylic oxidation sites excluding steroid dienone is 1. The summed E-state index contributed by atoms with van der Waals surface area (Å²) in [7, 11) is 0. The number of nitrogens with one attached hydrogen (secondary N) is 1. The number of fused-ring (bicyclic) bond motifs is 7. The maximum atomic E-state index is 11.7. The first kappa shape index (κ1) is 27.2. The first-order valence-electron chi connectivity index (χ1n) is 14.9. The predicted octanol–water partition coefficient (Wildman–Crippen LogP) is 5.38. The molecule has 37 heavy (non-hydrogen) atoms. The molecule has 6 heteroatoms. The number of hydrogen-bond donors (Lipinski definition) is 2. The Morgan fingerprint density at radius 3 is 2.68 bits per heavy atom. The number of carbonyl (C=O) groups is 2. The molecular weight excluding hydrogens is 466 g/mol. The molecule has 3 saturated carbocycles. The number of rotatable bonds is 6. The molecule has 0 unspecified atom stereocenters. The van der Waals surface area contributed by atoms with Crippen molar-refractivity contribution in [3.8, 4) is 0 Å². The molecule has 0 bridgehead atoms. The zero-order valence-electron chi connectivity index (χ0n) is 23.8. The van der Waals surface area contributed by atoms with Crippen LogP contribution in [0.4, 0.5) is 0 Å². The number of esters is 1. The molecule has 1 amide bonds. The van der Waals surface area contributed by atoms with Gasteiger partial charge in [0.25, 0.3) is 0 Å². The Bertz CT molecular complexity index is 948. The van der Waals surface area contributed by atoms with Gasteiger partial charge in [0.15, 0.2) is 5.79 Å². The first-order chi connectivity index (χ1) is 17.4. The van der Waals surface area contributed by atoms with Crippen molar-refractivity contribution >= 4 is 11.9 Å². The molecule has 2 N–H and O–H groups in total. The van der Waals surface area contributed by atoms with Gasteiger partial charge in [0, 0.05) is 39.2 Å². The van der Waals surface area contributed by atoms with E-state index in [1.165, 1.54) is 25.3 Å². The number of ether oxygens (including phenoxy) is 2. The smallest absolute Gasteiger partial charge is 0.302 e. The second-order valence-corrected chi connectivity index (χ2v) is 13.9. The van der Waals surface area contributed by atoms with Gasteiger partial charge < -0.3 is 19.9 Å². The van der Waals surface area contributed by atoms with Gasteiger partial charge in [-0.15, -0.1) is 0 Å². The molecule has 4 fully saturated rings. The Morgan fingerprint density at radius 1 is 1.22 bits per heavy atom. The summed E-state index contributed by atoms with van der Waals surface area (Å²) >= 11 is 0. The van der Waals surface area contributed by atoms with Gasteiger partial charge in [-0.3, -0.25) is 9.59 Å².